The van der Waals surface area contributed by atoms with Crippen molar-refractivity contribution >= 4 is 23.3 Å². The number of nitrogens with zero attached hydrogens (tertiary/aromatic N) is 2. The minimum absolute atomic E-state index is 0.0378. The molecule has 0 aliphatic carbocycles. The number of hydrogen-bond acceptors (Lipinski definition) is 4. The van der Waals surface area contributed by atoms with Crippen LogP contribution in [0.1, 0.15) is 30.1 Å². The summed E-state index contributed by atoms with van der Waals surface area (Å²) in [6, 6.07) is 1.67. The standard InChI is InChI=1S/C14H20ClN3O2/c1-3-16-13-12(15)7-10(8-17-13)14(19)18-6-4-5-11(9-18)20-2/h7-8,11H,3-6,9H2,1-2H3,(H,16,17). The number of carbonyl (C=O) groups is 1. The highest BCUT2D eigenvalue weighted by atomic mass is 35.5. The molecule has 1 unspecified atom stereocenters. The van der Waals surface area contributed by atoms with Gasteiger partial charge in [-0.2, -0.15) is 0 Å². The van der Waals surface area contributed by atoms with Gasteiger partial charge in [-0.25, -0.2) is 4.98 Å². The van der Waals surface area contributed by atoms with Crippen LogP contribution in [0.25, 0.3) is 0 Å². The number of hydrogen-bond donors (Lipinski definition) is 1. The van der Waals surface area contributed by atoms with Crippen LogP contribution < -0.4 is 5.32 Å². The van der Waals surface area contributed by atoms with Gasteiger partial charge in [0, 0.05) is 32.9 Å². The van der Waals surface area contributed by atoms with Gasteiger partial charge >= 0.3 is 0 Å². The molecule has 0 spiro atoms. The molecule has 1 atom stereocenters. The number of piperidine rings is 1. The smallest absolute Gasteiger partial charge is 0.255 e. The highest BCUT2D eigenvalue weighted by molar-refractivity contribution is 6.33. The van der Waals surface area contributed by atoms with Crippen LogP contribution in [0.3, 0.4) is 0 Å². The third kappa shape index (κ3) is 3.41. The topological polar surface area (TPSA) is 54.5 Å². The summed E-state index contributed by atoms with van der Waals surface area (Å²) in [5, 5.41) is 3.52. The van der Waals surface area contributed by atoms with Crippen LogP contribution in [0, 0.1) is 0 Å². The van der Waals surface area contributed by atoms with E-state index < -0.39 is 0 Å². The molecule has 0 aromatic carbocycles. The zero-order chi connectivity index (χ0) is 14.5. The summed E-state index contributed by atoms with van der Waals surface area (Å²) in [5.74, 6) is 0.573. The summed E-state index contributed by atoms with van der Waals surface area (Å²) >= 11 is 6.13. The number of methoxy groups -OCH3 is 1. The molecule has 1 fully saturated rings. The number of ether oxygens (including phenoxy) is 1. The molecule has 0 bridgehead atoms. The van der Waals surface area contributed by atoms with Crippen LogP contribution in [-0.2, 0) is 4.74 Å². The summed E-state index contributed by atoms with van der Waals surface area (Å²) < 4.78 is 5.34. The number of pyridine rings is 1. The summed E-state index contributed by atoms with van der Waals surface area (Å²) in [5.41, 5.74) is 0.522. The van der Waals surface area contributed by atoms with Gasteiger partial charge in [-0.15, -0.1) is 0 Å². The lowest BCUT2D eigenvalue weighted by atomic mass is 10.1. The first-order chi connectivity index (χ1) is 9.65. The number of nitrogens with one attached hydrogen (secondary N) is 1. The lowest BCUT2D eigenvalue weighted by Gasteiger charge is -2.32. The van der Waals surface area contributed by atoms with Crippen LogP contribution >= 0.6 is 11.6 Å². The van der Waals surface area contributed by atoms with Crippen molar-refractivity contribution in [2.24, 2.45) is 0 Å². The molecule has 1 aromatic rings. The largest absolute Gasteiger partial charge is 0.380 e. The Balaban J connectivity index is 2.10. The average molecular weight is 298 g/mol. The monoisotopic (exact) mass is 297 g/mol. The van der Waals surface area contributed by atoms with Crippen molar-refractivity contribution < 1.29 is 9.53 Å². The van der Waals surface area contributed by atoms with Gasteiger partial charge in [-0.1, -0.05) is 11.6 Å². The van der Waals surface area contributed by atoms with Gasteiger partial charge < -0.3 is 15.0 Å². The van der Waals surface area contributed by atoms with Gasteiger partial charge in [0.15, 0.2) is 0 Å². The lowest BCUT2D eigenvalue weighted by molar-refractivity contribution is 0.0268. The van der Waals surface area contributed by atoms with Gasteiger partial charge in [0.1, 0.15) is 5.82 Å². The van der Waals surface area contributed by atoms with E-state index in [2.05, 4.69) is 10.3 Å². The van der Waals surface area contributed by atoms with Crippen molar-refractivity contribution in [3.63, 3.8) is 0 Å². The van der Waals surface area contributed by atoms with E-state index in [4.69, 9.17) is 16.3 Å². The third-order valence-corrected chi connectivity index (χ3v) is 3.72. The summed E-state index contributed by atoms with van der Waals surface area (Å²) in [4.78, 5) is 18.4. The SMILES string of the molecule is CCNc1ncc(C(=O)N2CCCC(OC)C2)cc1Cl. The molecule has 1 aliphatic rings. The minimum Gasteiger partial charge on any atom is -0.380 e. The fraction of sp³-hybridized carbons (Fsp3) is 0.571. The maximum atomic E-state index is 12.4. The Bertz CT molecular complexity index is 481. The van der Waals surface area contributed by atoms with Crippen LogP contribution in [0.5, 0.6) is 0 Å². The average Bonchev–Trinajstić information content (AvgIpc) is 2.49. The van der Waals surface area contributed by atoms with Gasteiger partial charge in [0.2, 0.25) is 0 Å². The highest BCUT2D eigenvalue weighted by Gasteiger charge is 2.24. The first kappa shape index (κ1) is 15.1. The van der Waals surface area contributed by atoms with Crippen molar-refractivity contribution in [3.05, 3.63) is 22.8 Å². The normalized spacial score (nSPS) is 18.9. The van der Waals surface area contributed by atoms with E-state index in [1.165, 1.54) is 0 Å². The Morgan fingerprint density at radius 1 is 1.65 bits per heavy atom. The zero-order valence-corrected chi connectivity index (χ0v) is 12.6. The summed E-state index contributed by atoms with van der Waals surface area (Å²) in [6.07, 6.45) is 3.65. The molecule has 110 valence electrons. The number of carbonyl (C=O) groups excluding carboxylic acids is 1. The van der Waals surface area contributed by atoms with Crippen molar-refractivity contribution in [1.29, 1.82) is 0 Å². The van der Waals surface area contributed by atoms with Crippen LogP contribution in [-0.4, -0.2) is 48.6 Å². The zero-order valence-electron chi connectivity index (χ0n) is 11.9. The van der Waals surface area contributed by atoms with E-state index in [0.717, 1.165) is 25.9 Å². The first-order valence-electron chi connectivity index (χ1n) is 6.87. The number of halogens is 1. The van der Waals surface area contributed by atoms with Gasteiger partial charge in [0.25, 0.3) is 5.91 Å². The van der Waals surface area contributed by atoms with E-state index in [-0.39, 0.29) is 12.0 Å². The number of aromatic nitrogens is 1. The van der Waals surface area contributed by atoms with Gasteiger partial charge in [-0.3, -0.25) is 4.79 Å². The maximum absolute atomic E-state index is 12.4. The van der Waals surface area contributed by atoms with Crippen LogP contribution in [0.4, 0.5) is 5.82 Å². The maximum Gasteiger partial charge on any atom is 0.255 e. The van der Waals surface area contributed by atoms with Gasteiger partial charge in [0.05, 0.1) is 16.7 Å². The molecule has 1 N–H and O–H groups in total. The fourth-order valence-corrected chi connectivity index (χ4v) is 2.58. The van der Waals surface area contributed by atoms with Crippen molar-refractivity contribution in [3.8, 4) is 0 Å². The Morgan fingerprint density at radius 2 is 2.45 bits per heavy atom. The second-order valence-electron chi connectivity index (χ2n) is 4.84. The number of anilines is 1. The van der Waals surface area contributed by atoms with E-state index in [1.54, 1.807) is 24.3 Å². The predicted octanol–water partition coefficient (Wildman–Crippen LogP) is 2.42. The Labute approximate surface area is 124 Å². The number of likely N-dealkylation sites (tertiary alicyclic amines) is 1. The first-order valence-corrected chi connectivity index (χ1v) is 7.25. The molecule has 0 radical (unpaired) electrons. The second-order valence-corrected chi connectivity index (χ2v) is 5.24. The van der Waals surface area contributed by atoms with E-state index in [0.29, 0.717) is 22.9 Å². The molecule has 0 saturated carbocycles. The Hall–Kier alpha value is -1.33. The second kappa shape index (κ2) is 6.90. The molecule has 1 aromatic heterocycles. The predicted molar refractivity (Wildman–Crippen MR) is 79.3 cm³/mol. The van der Waals surface area contributed by atoms with Crippen molar-refractivity contribution in [2.45, 2.75) is 25.9 Å². The number of rotatable bonds is 4. The van der Waals surface area contributed by atoms with Crippen LogP contribution in [0.2, 0.25) is 5.02 Å². The molecule has 20 heavy (non-hydrogen) atoms. The Kier molecular flexibility index (Phi) is 5.20. The third-order valence-electron chi connectivity index (χ3n) is 3.43. The molecular weight excluding hydrogens is 278 g/mol. The molecule has 6 heteroatoms. The summed E-state index contributed by atoms with van der Waals surface area (Å²) in [6.45, 7) is 4.09. The number of amides is 1. The Morgan fingerprint density at radius 3 is 3.10 bits per heavy atom. The van der Waals surface area contributed by atoms with Crippen LogP contribution in [0.15, 0.2) is 12.3 Å². The summed E-state index contributed by atoms with van der Waals surface area (Å²) in [7, 11) is 1.68. The van der Waals surface area contributed by atoms with Gasteiger partial charge in [-0.05, 0) is 25.8 Å². The van der Waals surface area contributed by atoms with E-state index in [1.807, 2.05) is 6.92 Å². The molecular formula is C14H20ClN3O2. The van der Waals surface area contributed by atoms with E-state index >= 15 is 0 Å². The molecule has 2 heterocycles. The highest BCUT2D eigenvalue weighted by Crippen LogP contribution is 2.22. The lowest BCUT2D eigenvalue weighted by Crippen LogP contribution is -2.42. The quantitative estimate of drug-likeness (QED) is 0.927. The van der Waals surface area contributed by atoms with Crippen molar-refractivity contribution in [1.82, 2.24) is 9.88 Å². The fourth-order valence-electron chi connectivity index (χ4n) is 2.35. The molecule has 1 aliphatic heterocycles. The van der Waals surface area contributed by atoms with E-state index in [9.17, 15) is 4.79 Å². The molecule has 2 rings (SSSR count). The minimum atomic E-state index is -0.0378. The molecule has 5 nitrogen and oxygen atoms in total. The molecule has 1 amide bonds. The van der Waals surface area contributed by atoms with Crippen molar-refractivity contribution in [2.75, 3.05) is 32.1 Å². The molecule has 1 saturated heterocycles.